The first-order valence-electron chi connectivity index (χ1n) is 6.02. The molecule has 1 unspecified atom stereocenters. The van der Waals surface area contributed by atoms with Crippen LogP contribution in [0, 0.1) is 5.92 Å². The Kier molecular flexibility index (Phi) is 5.55. The molecular formula is C15H21N. The van der Waals surface area contributed by atoms with Gasteiger partial charge >= 0.3 is 0 Å². The maximum absolute atomic E-state index is 4.49. The number of hydrogen-bond donors (Lipinski definition) is 0. The van der Waals surface area contributed by atoms with Crippen LogP contribution in [-0.2, 0) is 0 Å². The van der Waals surface area contributed by atoms with Gasteiger partial charge in [-0.25, -0.2) is 0 Å². The highest BCUT2D eigenvalue weighted by Crippen LogP contribution is 2.20. The van der Waals surface area contributed by atoms with Crippen LogP contribution in [0.2, 0.25) is 0 Å². The Morgan fingerprint density at radius 3 is 2.94 bits per heavy atom. The maximum atomic E-state index is 4.49. The van der Waals surface area contributed by atoms with Crippen molar-refractivity contribution in [3.05, 3.63) is 47.7 Å². The minimum absolute atomic E-state index is 0.571. The predicted octanol–water partition coefficient (Wildman–Crippen LogP) is 4.45. The standard InChI is InChI=1S/C15H21N/c1-4-6-7-9-14(8-5-2)15-11-10-13(3)12-16-15/h5-9,11-13H,4,10H2,1-3H3/b7-6?,8-5?,14-9+. The third-order valence-corrected chi connectivity index (χ3v) is 2.44. The van der Waals surface area contributed by atoms with E-state index >= 15 is 0 Å². The summed E-state index contributed by atoms with van der Waals surface area (Å²) in [6, 6.07) is 0. The van der Waals surface area contributed by atoms with Crippen molar-refractivity contribution in [2.24, 2.45) is 10.9 Å². The first kappa shape index (κ1) is 12.7. The van der Waals surface area contributed by atoms with Gasteiger partial charge in [-0.2, -0.15) is 0 Å². The van der Waals surface area contributed by atoms with Crippen LogP contribution in [0.25, 0.3) is 0 Å². The highest BCUT2D eigenvalue weighted by atomic mass is 14.7. The smallest absolute Gasteiger partial charge is 0.0658 e. The highest BCUT2D eigenvalue weighted by molar-refractivity contribution is 5.66. The number of nitrogens with zero attached hydrogens (tertiary/aromatic N) is 1. The summed E-state index contributed by atoms with van der Waals surface area (Å²) in [5.74, 6) is 0.571. The lowest BCUT2D eigenvalue weighted by Crippen LogP contribution is -2.01. The third kappa shape index (κ3) is 4.01. The van der Waals surface area contributed by atoms with Gasteiger partial charge in [-0.15, -0.1) is 0 Å². The van der Waals surface area contributed by atoms with E-state index in [2.05, 4.69) is 55.3 Å². The molecule has 0 N–H and O–H groups in total. The fourth-order valence-electron chi connectivity index (χ4n) is 1.52. The van der Waals surface area contributed by atoms with Gasteiger partial charge in [0.05, 0.1) is 5.70 Å². The Balaban J connectivity index is 2.83. The summed E-state index contributed by atoms with van der Waals surface area (Å²) in [5, 5.41) is 0. The number of aliphatic imine (C=N–C) groups is 1. The minimum Gasteiger partial charge on any atom is -0.261 e. The van der Waals surface area contributed by atoms with Crippen molar-refractivity contribution in [3.8, 4) is 0 Å². The van der Waals surface area contributed by atoms with Crippen LogP contribution in [0.3, 0.4) is 0 Å². The molecule has 1 heteroatoms. The summed E-state index contributed by atoms with van der Waals surface area (Å²) in [4.78, 5) is 4.49. The van der Waals surface area contributed by atoms with Crippen LogP contribution in [0.15, 0.2) is 52.7 Å². The topological polar surface area (TPSA) is 12.4 Å². The van der Waals surface area contributed by atoms with Crippen LogP contribution >= 0.6 is 0 Å². The first-order chi connectivity index (χ1) is 7.77. The zero-order valence-corrected chi connectivity index (χ0v) is 10.5. The molecule has 0 spiro atoms. The van der Waals surface area contributed by atoms with Gasteiger partial charge < -0.3 is 0 Å². The number of allylic oxidation sites excluding steroid dienone is 6. The Morgan fingerprint density at radius 2 is 2.38 bits per heavy atom. The van der Waals surface area contributed by atoms with Gasteiger partial charge in [0, 0.05) is 6.21 Å². The molecule has 0 aliphatic carbocycles. The predicted molar refractivity (Wildman–Crippen MR) is 72.7 cm³/mol. The molecule has 0 fully saturated rings. The van der Waals surface area contributed by atoms with E-state index in [-0.39, 0.29) is 0 Å². The normalized spacial score (nSPS) is 22.1. The van der Waals surface area contributed by atoms with Gasteiger partial charge in [-0.3, -0.25) is 4.99 Å². The number of hydrogen-bond acceptors (Lipinski definition) is 1. The molecule has 1 heterocycles. The minimum atomic E-state index is 0.571. The van der Waals surface area contributed by atoms with Crippen molar-refractivity contribution in [1.82, 2.24) is 0 Å². The average molecular weight is 215 g/mol. The summed E-state index contributed by atoms with van der Waals surface area (Å²) >= 11 is 0. The van der Waals surface area contributed by atoms with E-state index < -0.39 is 0 Å². The molecule has 1 aliphatic heterocycles. The van der Waals surface area contributed by atoms with Crippen molar-refractivity contribution in [3.63, 3.8) is 0 Å². The summed E-state index contributed by atoms with van der Waals surface area (Å²) < 4.78 is 0. The number of rotatable bonds is 4. The maximum Gasteiger partial charge on any atom is 0.0658 e. The molecule has 1 aliphatic rings. The molecule has 0 aromatic rings. The fourth-order valence-corrected chi connectivity index (χ4v) is 1.52. The molecule has 0 saturated heterocycles. The molecule has 0 saturated carbocycles. The zero-order chi connectivity index (χ0) is 11.8. The first-order valence-corrected chi connectivity index (χ1v) is 6.02. The summed E-state index contributed by atoms with van der Waals surface area (Å²) in [6.07, 6.45) is 17.0. The van der Waals surface area contributed by atoms with E-state index in [1.165, 1.54) is 5.57 Å². The Labute approximate surface area is 99.0 Å². The average Bonchev–Trinajstić information content (AvgIpc) is 2.29. The zero-order valence-electron chi connectivity index (χ0n) is 10.5. The largest absolute Gasteiger partial charge is 0.261 e. The lowest BCUT2D eigenvalue weighted by Gasteiger charge is -2.11. The lowest BCUT2D eigenvalue weighted by atomic mass is 10.0. The molecular weight excluding hydrogens is 194 g/mol. The van der Waals surface area contributed by atoms with E-state index in [4.69, 9.17) is 0 Å². The van der Waals surface area contributed by atoms with E-state index in [1.54, 1.807) is 0 Å². The van der Waals surface area contributed by atoms with E-state index in [0.717, 1.165) is 18.5 Å². The molecule has 1 nitrogen and oxygen atoms in total. The fraction of sp³-hybridized carbons (Fsp3) is 0.400. The van der Waals surface area contributed by atoms with Crippen LogP contribution in [-0.4, -0.2) is 6.21 Å². The molecule has 1 rings (SSSR count). The van der Waals surface area contributed by atoms with Gasteiger partial charge in [0.25, 0.3) is 0 Å². The molecule has 0 radical (unpaired) electrons. The Hall–Kier alpha value is -1.37. The summed E-state index contributed by atoms with van der Waals surface area (Å²) in [5.41, 5.74) is 2.28. The molecule has 0 aromatic carbocycles. The quantitative estimate of drug-likeness (QED) is 0.614. The lowest BCUT2D eigenvalue weighted by molar-refractivity contribution is 0.788. The van der Waals surface area contributed by atoms with E-state index in [1.807, 2.05) is 13.1 Å². The van der Waals surface area contributed by atoms with Gasteiger partial charge in [0.1, 0.15) is 0 Å². The molecule has 16 heavy (non-hydrogen) atoms. The second kappa shape index (κ2) is 7.00. The third-order valence-electron chi connectivity index (χ3n) is 2.44. The van der Waals surface area contributed by atoms with Crippen molar-refractivity contribution in [2.75, 3.05) is 0 Å². The van der Waals surface area contributed by atoms with Crippen LogP contribution in [0.4, 0.5) is 0 Å². The molecule has 0 aromatic heterocycles. The monoisotopic (exact) mass is 215 g/mol. The Bertz CT molecular complexity index is 354. The van der Waals surface area contributed by atoms with Crippen molar-refractivity contribution in [2.45, 2.75) is 33.6 Å². The Morgan fingerprint density at radius 1 is 1.56 bits per heavy atom. The van der Waals surface area contributed by atoms with Crippen LogP contribution < -0.4 is 0 Å². The second-order valence-electron chi connectivity index (χ2n) is 4.04. The van der Waals surface area contributed by atoms with Crippen LogP contribution in [0.1, 0.15) is 33.6 Å². The molecule has 86 valence electrons. The van der Waals surface area contributed by atoms with Crippen molar-refractivity contribution >= 4 is 6.21 Å². The second-order valence-corrected chi connectivity index (χ2v) is 4.04. The van der Waals surface area contributed by atoms with Crippen LogP contribution in [0.5, 0.6) is 0 Å². The van der Waals surface area contributed by atoms with Gasteiger partial charge in [-0.05, 0) is 31.3 Å². The SMILES string of the molecule is CC=C/C(=C\C=CCC)C1=CCC(C)C=N1. The highest BCUT2D eigenvalue weighted by Gasteiger charge is 2.06. The van der Waals surface area contributed by atoms with Crippen molar-refractivity contribution in [1.29, 1.82) is 0 Å². The molecule has 0 bridgehead atoms. The molecule has 1 atom stereocenters. The summed E-state index contributed by atoms with van der Waals surface area (Å²) in [7, 11) is 0. The van der Waals surface area contributed by atoms with Gasteiger partial charge in [0.15, 0.2) is 0 Å². The van der Waals surface area contributed by atoms with Gasteiger partial charge in [-0.1, -0.05) is 50.3 Å². The van der Waals surface area contributed by atoms with E-state index in [9.17, 15) is 0 Å². The van der Waals surface area contributed by atoms with Gasteiger partial charge in [0.2, 0.25) is 0 Å². The van der Waals surface area contributed by atoms with Crippen molar-refractivity contribution < 1.29 is 0 Å². The van der Waals surface area contributed by atoms with E-state index in [0.29, 0.717) is 5.92 Å². The summed E-state index contributed by atoms with van der Waals surface area (Å²) in [6.45, 7) is 6.36. The molecule has 0 amide bonds.